The van der Waals surface area contributed by atoms with Crippen LogP contribution in [0.25, 0.3) is 5.65 Å². The van der Waals surface area contributed by atoms with Crippen molar-refractivity contribution >= 4 is 17.5 Å². The number of aryl methyl sites for hydroxylation is 1. The molecule has 2 aromatic rings. The molecule has 1 N–H and O–H groups in total. The molecule has 5 rings (SSSR count). The topological polar surface area (TPSA) is 100 Å². The van der Waals surface area contributed by atoms with Gasteiger partial charge in [0.15, 0.2) is 5.65 Å². The predicted octanol–water partition coefficient (Wildman–Crippen LogP) is 1.59. The average Bonchev–Trinajstić information content (AvgIpc) is 3.39. The summed E-state index contributed by atoms with van der Waals surface area (Å²) in [6, 6.07) is 1.87. The minimum absolute atomic E-state index is 0.0316. The van der Waals surface area contributed by atoms with Crippen molar-refractivity contribution in [2.24, 2.45) is 5.92 Å². The highest BCUT2D eigenvalue weighted by Gasteiger charge is 2.37. The Bertz CT molecular complexity index is 1080. The van der Waals surface area contributed by atoms with Gasteiger partial charge in [-0.3, -0.25) is 19.5 Å². The van der Waals surface area contributed by atoms with E-state index < -0.39 is 0 Å². The van der Waals surface area contributed by atoms with Crippen molar-refractivity contribution in [1.29, 1.82) is 0 Å². The number of nitrogens with zero attached hydrogens (tertiary/aromatic N) is 4. The van der Waals surface area contributed by atoms with Gasteiger partial charge in [-0.1, -0.05) is 6.42 Å². The largest absolute Gasteiger partial charge is 0.378 e. The highest BCUT2D eigenvalue weighted by molar-refractivity contribution is 5.80. The second-order valence-corrected chi connectivity index (χ2v) is 9.20. The SMILES string of the molecule is Cc1nc2cc(C3CCCN3C(=O)C3CCC3)[nH]n2c(=O)c1CCC(=O)N1CCOCC1. The van der Waals surface area contributed by atoms with E-state index in [1.807, 2.05) is 17.9 Å². The van der Waals surface area contributed by atoms with Crippen LogP contribution in [0.5, 0.6) is 0 Å². The second-order valence-electron chi connectivity index (χ2n) is 9.20. The first kappa shape index (κ1) is 21.2. The van der Waals surface area contributed by atoms with E-state index in [4.69, 9.17) is 4.74 Å². The van der Waals surface area contributed by atoms with Gasteiger partial charge in [-0.15, -0.1) is 0 Å². The fraction of sp³-hybridized carbons (Fsp3) is 0.652. The monoisotopic (exact) mass is 441 g/mol. The quantitative estimate of drug-likeness (QED) is 0.760. The molecular formula is C23H31N5O4. The maximum Gasteiger partial charge on any atom is 0.276 e. The molecule has 0 radical (unpaired) electrons. The van der Waals surface area contributed by atoms with Gasteiger partial charge >= 0.3 is 0 Å². The first-order chi connectivity index (χ1) is 15.5. The number of aromatic nitrogens is 3. The van der Waals surface area contributed by atoms with Gasteiger partial charge < -0.3 is 14.5 Å². The third-order valence-electron chi connectivity index (χ3n) is 7.24. The Morgan fingerprint density at radius 3 is 2.66 bits per heavy atom. The zero-order valence-corrected chi connectivity index (χ0v) is 18.6. The lowest BCUT2D eigenvalue weighted by atomic mass is 9.84. The van der Waals surface area contributed by atoms with Crippen molar-refractivity contribution in [2.75, 3.05) is 32.8 Å². The Morgan fingerprint density at radius 2 is 1.94 bits per heavy atom. The normalized spacial score (nSPS) is 21.8. The molecule has 4 heterocycles. The van der Waals surface area contributed by atoms with Crippen LogP contribution in [0.1, 0.15) is 61.5 Å². The molecule has 2 amide bonds. The van der Waals surface area contributed by atoms with Gasteiger partial charge in [-0.25, -0.2) is 9.50 Å². The summed E-state index contributed by atoms with van der Waals surface area (Å²) in [5.74, 6) is 0.454. The molecule has 3 fully saturated rings. The van der Waals surface area contributed by atoms with Gasteiger partial charge in [0.05, 0.1) is 24.9 Å². The number of carbonyl (C=O) groups is 2. The molecule has 2 aliphatic heterocycles. The first-order valence-electron chi connectivity index (χ1n) is 11.8. The number of amides is 2. The molecule has 2 saturated heterocycles. The number of ether oxygens (including phenoxy) is 1. The summed E-state index contributed by atoms with van der Waals surface area (Å²) >= 11 is 0. The standard InChI is InChI=1S/C23H31N5O4/c1-15-17(7-8-21(29)26-10-12-32-13-11-26)23(31)28-20(24-15)14-18(25-28)19-6-3-9-27(19)22(30)16-4-2-5-16/h14,16,19,25H,2-13H2,1H3. The smallest absolute Gasteiger partial charge is 0.276 e. The number of H-pyrrole nitrogens is 1. The van der Waals surface area contributed by atoms with Gasteiger partial charge in [0.2, 0.25) is 11.8 Å². The van der Waals surface area contributed by atoms with Crippen LogP contribution in [0.4, 0.5) is 0 Å². The predicted molar refractivity (Wildman–Crippen MR) is 117 cm³/mol. The Kier molecular flexibility index (Phi) is 5.75. The number of aromatic amines is 1. The van der Waals surface area contributed by atoms with E-state index in [0.29, 0.717) is 49.6 Å². The second kappa shape index (κ2) is 8.69. The van der Waals surface area contributed by atoms with Crippen LogP contribution in [0.15, 0.2) is 10.9 Å². The number of fused-ring (bicyclic) bond motifs is 1. The zero-order valence-electron chi connectivity index (χ0n) is 18.6. The van der Waals surface area contributed by atoms with Crippen LogP contribution < -0.4 is 5.56 Å². The number of rotatable bonds is 5. The fourth-order valence-electron chi connectivity index (χ4n) is 5.09. The summed E-state index contributed by atoms with van der Waals surface area (Å²) in [4.78, 5) is 47.0. The summed E-state index contributed by atoms with van der Waals surface area (Å²) in [6.45, 7) is 4.93. The number of hydrogen-bond acceptors (Lipinski definition) is 5. The number of nitrogens with one attached hydrogen (secondary N) is 1. The van der Waals surface area contributed by atoms with E-state index in [1.165, 1.54) is 4.52 Å². The van der Waals surface area contributed by atoms with E-state index in [0.717, 1.165) is 44.3 Å². The summed E-state index contributed by atoms with van der Waals surface area (Å²) < 4.78 is 6.78. The lowest BCUT2D eigenvalue weighted by molar-refractivity contribution is -0.139. The van der Waals surface area contributed by atoms with Gasteiger partial charge in [0.25, 0.3) is 5.56 Å². The third-order valence-corrected chi connectivity index (χ3v) is 7.24. The van der Waals surface area contributed by atoms with E-state index in [-0.39, 0.29) is 35.8 Å². The molecule has 32 heavy (non-hydrogen) atoms. The number of carbonyl (C=O) groups excluding carboxylic acids is 2. The van der Waals surface area contributed by atoms with Gasteiger partial charge in [0, 0.05) is 49.3 Å². The molecule has 1 aliphatic carbocycles. The van der Waals surface area contributed by atoms with E-state index in [1.54, 1.807) is 4.90 Å². The first-order valence-corrected chi connectivity index (χ1v) is 11.8. The van der Waals surface area contributed by atoms with E-state index in [9.17, 15) is 14.4 Å². The molecule has 9 heteroatoms. The summed E-state index contributed by atoms with van der Waals surface area (Å²) in [5, 5.41) is 3.22. The maximum absolute atomic E-state index is 13.2. The van der Waals surface area contributed by atoms with Crippen molar-refractivity contribution in [3.05, 3.63) is 33.4 Å². The van der Waals surface area contributed by atoms with Crippen LogP contribution in [-0.4, -0.2) is 69.1 Å². The number of morpholine rings is 1. The molecule has 9 nitrogen and oxygen atoms in total. The molecule has 0 spiro atoms. The molecule has 0 aromatic carbocycles. The van der Waals surface area contributed by atoms with Crippen LogP contribution in [0.3, 0.4) is 0 Å². The van der Waals surface area contributed by atoms with Crippen molar-refractivity contribution in [3.63, 3.8) is 0 Å². The number of hydrogen-bond donors (Lipinski definition) is 1. The number of likely N-dealkylation sites (tertiary alicyclic amines) is 1. The summed E-state index contributed by atoms with van der Waals surface area (Å²) in [7, 11) is 0. The van der Waals surface area contributed by atoms with Gasteiger partial charge in [-0.2, -0.15) is 0 Å². The lowest BCUT2D eigenvalue weighted by Gasteiger charge is -2.32. The Labute approximate surface area is 186 Å². The minimum Gasteiger partial charge on any atom is -0.378 e. The summed E-state index contributed by atoms with van der Waals surface area (Å²) in [5.41, 5.74) is 2.48. The lowest BCUT2D eigenvalue weighted by Crippen LogP contribution is -2.41. The van der Waals surface area contributed by atoms with Crippen molar-refractivity contribution < 1.29 is 14.3 Å². The highest BCUT2D eigenvalue weighted by atomic mass is 16.5. The maximum atomic E-state index is 13.2. The fourth-order valence-corrected chi connectivity index (χ4v) is 5.09. The van der Waals surface area contributed by atoms with Gasteiger partial charge in [0.1, 0.15) is 0 Å². The Balaban J connectivity index is 1.36. The van der Waals surface area contributed by atoms with E-state index in [2.05, 4.69) is 10.1 Å². The highest BCUT2D eigenvalue weighted by Crippen LogP contribution is 2.36. The Hall–Kier alpha value is -2.68. The molecule has 1 saturated carbocycles. The molecule has 2 aromatic heterocycles. The molecular weight excluding hydrogens is 410 g/mol. The third kappa shape index (κ3) is 3.83. The molecule has 1 atom stereocenters. The summed E-state index contributed by atoms with van der Waals surface area (Å²) in [6.07, 6.45) is 5.61. The van der Waals surface area contributed by atoms with Crippen LogP contribution in [0, 0.1) is 12.8 Å². The molecule has 172 valence electrons. The zero-order chi connectivity index (χ0) is 22.2. The average molecular weight is 442 g/mol. The van der Waals surface area contributed by atoms with E-state index >= 15 is 0 Å². The van der Waals surface area contributed by atoms with Crippen LogP contribution in [0.2, 0.25) is 0 Å². The van der Waals surface area contributed by atoms with Crippen LogP contribution in [-0.2, 0) is 20.7 Å². The van der Waals surface area contributed by atoms with Gasteiger partial charge in [-0.05, 0) is 39.0 Å². The van der Waals surface area contributed by atoms with Crippen molar-refractivity contribution in [2.45, 2.75) is 57.9 Å². The minimum atomic E-state index is -0.164. The molecule has 1 unspecified atom stereocenters. The van der Waals surface area contributed by atoms with Crippen LogP contribution >= 0.6 is 0 Å². The Morgan fingerprint density at radius 1 is 1.16 bits per heavy atom. The van der Waals surface area contributed by atoms with Crippen molar-refractivity contribution in [3.8, 4) is 0 Å². The molecule has 3 aliphatic rings. The van der Waals surface area contributed by atoms with Crippen molar-refractivity contribution in [1.82, 2.24) is 24.4 Å². The molecule has 0 bridgehead atoms.